The van der Waals surface area contributed by atoms with Crippen molar-refractivity contribution in [1.29, 1.82) is 0 Å². The third-order valence-corrected chi connectivity index (χ3v) is 2.56. The van der Waals surface area contributed by atoms with Gasteiger partial charge in [0.25, 0.3) is 0 Å². The standard InChI is InChI=1S/C12H14N6O3/c1-7-3-4-9(12(15-7)18(19)20)21-6-11-14-8(2)5-10(16-11)17-13/h3-5H,6,13H2,1-2H3,(H,14,16,17). The molecule has 2 aromatic heterocycles. The number of aromatic nitrogens is 3. The molecular formula is C12H14N6O3. The number of rotatable bonds is 5. The zero-order valence-corrected chi connectivity index (χ0v) is 11.5. The molecular weight excluding hydrogens is 276 g/mol. The van der Waals surface area contributed by atoms with E-state index in [9.17, 15) is 10.1 Å². The number of nitro groups is 1. The van der Waals surface area contributed by atoms with Crippen molar-refractivity contribution < 1.29 is 9.66 Å². The Bertz CT molecular complexity index is 676. The van der Waals surface area contributed by atoms with Crippen molar-refractivity contribution in [3.63, 3.8) is 0 Å². The summed E-state index contributed by atoms with van der Waals surface area (Å²) >= 11 is 0. The summed E-state index contributed by atoms with van der Waals surface area (Å²) in [5.74, 6) is 5.83. The highest BCUT2D eigenvalue weighted by molar-refractivity contribution is 5.40. The molecule has 0 aliphatic carbocycles. The highest BCUT2D eigenvalue weighted by Crippen LogP contribution is 2.25. The Balaban J connectivity index is 2.20. The van der Waals surface area contributed by atoms with Crippen molar-refractivity contribution in [3.8, 4) is 5.75 Å². The summed E-state index contributed by atoms with van der Waals surface area (Å²) in [5, 5.41) is 10.9. The van der Waals surface area contributed by atoms with E-state index in [4.69, 9.17) is 10.6 Å². The van der Waals surface area contributed by atoms with Gasteiger partial charge in [0.15, 0.2) is 5.82 Å². The lowest BCUT2D eigenvalue weighted by atomic mass is 10.3. The number of pyridine rings is 1. The highest BCUT2D eigenvalue weighted by atomic mass is 16.6. The fourth-order valence-electron chi connectivity index (χ4n) is 1.68. The van der Waals surface area contributed by atoms with Crippen LogP contribution >= 0.6 is 0 Å². The summed E-state index contributed by atoms with van der Waals surface area (Å²) in [6, 6.07) is 4.80. The molecule has 0 aliphatic heterocycles. The van der Waals surface area contributed by atoms with Gasteiger partial charge in [-0.15, -0.1) is 0 Å². The van der Waals surface area contributed by atoms with Gasteiger partial charge in [0.1, 0.15) is 18.1 Å². The maximum Gasteiger partial charge on any atom is 0.406 e. The number of hydrazine groups is 1. The van der Waals surface area contributed by atoms with E-state index in [1.807, 2.05) is 0 Å². The second-order valence-electron chi connectivity index (χ2n) is 4.28. The molecule has 2 heterocycles. The van der Waals surface area contributed by atoms with E-state index >= 15 is 0 Å². The van der Waals surface area contributed by atoms with Gasteiger partial charge in [-0.3, -0.25) is 0 Å². The number of nitrogens with two attached hydrogens (primary N) is 1. The lowest BCUT2D eigenvalue weighted by molar-refractivity contribution is -0.390. The van der Waals surface area contributed by atoms with Crippen molar-refractivity contribution in [1.82, 2.24) is 15.0 Å². The zero-order chi connectivity index (χ0) is 15.4. The Hall–Kier alpha value is -2.81. The summed E-state index contributed by atoms with van der Waals surface area (Å²) in [4.78, 5) is 22.5. The van der Waals surface area contributed by atoms with Gasteiger partial charge < -0.3 is 20.3 Å². The fraction of sp³-hybridized carbons (Fsp3) is 0.250. The normalized spacial score (nSPS) is 10.2. The maximum absolute atomic E-state index is 10.9. The van der Waals surface area contributed by atoms with Crippen LogP contribution in [-0.4, -0.2) is 19.9 Å². The van der Waals surface area contributed by atoms with Crippen LogP contribution in [0.3, 0.4) is 0 Å². The number of hydrogen-bond acceptors (Lipinski definition) is 8. The SMILES string of the molecule is Cc1cc(NN)nc(COc2ccc(C)nc2[N+](=O)[O-])n1. The molecule has 0 atom stereocenters. The smallest absolute Gasteiger partial charge is 0.406 e. The van der Waals surface area contributed by atoms with Gasteiger partial charge in [0.2, 0.25) is 5.75 Å². The second-order valence-corrected chi connectivity index (χ2v) is 4.28. The molecule has 2 aromatic rings. The Morgan fingerprint density at radius 3 is 2.71 bits per heavy atom. The summed E-state index contributed by atoms with van der Waals surface area (Å²) in [6.45, 7) is 3.42. The van der Waals surface area contributed by atoms with Gasteiger partial charge >= 0.3 is 5.82 Å². The van der Waals surface area contributed by atoms with Crippen LogP contribution in [0, 0.1) is 24.0 Å². The Morgan fingerprint density at radius 1 is 1.29 bits per heavy atom. The number of hydrogen-bond donors (Lipinski definition) is 2. The van der Waals surface area contributed by atoms with Crippen molar-refractivity contribution in [2.45, 2.75) is 20.5 Å². The highest BCUT2D eigenvalue weighted by Gasteiger charge is 2.18. The lowest BCUT2D eigenvalue weighted by Gasteiger charge is -2.07. The van der Waals surface area contributed by atoms with E-state index in [1.165, 1.54) is 6.07 Å². The molecule has 21 heavy (non-hydrogen) atoms. The minimum atomic E-state index is -0.591. The third kappa shape index (κ3) is 3.60. The van der Waals surface area contributed by atoms with Crippen molar-refractivity contribution in [3.05, 3.63) is 45.5 Å². The van der Waals surface area contributed by atoms with Crippen molar-refractivity contribution in [2.75, 3.05) is 5.43 Å². The molecule has 110 valence electrons. The summed E-state index contributed by atoms with van der Waals surface area (Å²) < 4.78 is 5.40. The van der Waals surface area contributed by atoms with E-state index in [0.29, 0.717) is 23.0 Å². The van der Waals surface area contributed by atoms with Gasteiger partial charge in [-0.25, -0.2) is 15.8 Å². The van der Waals surface area contributed by atoms with Crippen LogP contribution in [0.25, 0.3) is 0 Å². The molecule has 0 spiro atoms. The summed E-state index contributed by atoms with van der Waals surface area (Å²) in [7, 11) is 0. The number of ether oxygens (including phenoxy) is 1. The molecule has 0 saturated carbocycles. The molecule has 3 N–H and O–H groups in total. The van der Waals surface area contributed by atoms with Crippen molar-refractivity contribution >= 4 is 11.6 Å². The molecule has 0 bridgehead atoms. The van der Waals surface area contributed by atoms with Crippen LogP contribution in [0.5, 0.6) is 5.75 Å². The number of nitrogens with one attached hydrogen (secondary N) is 1. The van der Waals surface area contributed by atoms with Gasteiger partial charge in [-0.05, 0) is 29.0 Å². The van der Waals surface area contributed by atoms with Gasteiger partial charge in [0, 0.05) is 18.7 Å². The predicted molar refractivity (Wildman–Crippen MR) is 74.5 cm³/mol. The first-order valence-corrected chi connectivity index (χ1v) is 6.05. The van der Waals surface area contributed by atoms with Gasteiger partial charge in [-0.2, -0.15) is 0 Å². The summed E-state index contributed by atoms with van der Waals surface area (Å²) in [5.41, 5.74) is 3.66. The van der Waals surface area contributed by atoms with Crippen LogP contribution in [-0.2, 0) is 6.61 Å². The molecule has 0 amide bonds. The first-order chi connectivity index (χ1) is 9.99. The first kappa shape index (κ1) is 14.6. The second kappa shape index (κ2) is 6.09. The molecule has 0 saturated heterocycles. The Labute approximate surface area is 120 Å². The molecule has 2 rings (SSSR count). The number of anilines is 1. The average molecular weight is 290 g/mol. The molecule has 9 heteroatoms. The molecule has 0 aliphatic rings. The van der Waals surface area contributed by atoms with Crippen LogP contribution < -0.4 is 16.0 Å². The number of aryl methyl sites for hydroxylation is 2. The topological polar surface area (TPSA) is 129 Å². The molecule has 0 radical (unpaired) electrons. The minimum Gasteiger partial charge on any atom is -0.477 e. The zero-order valence-electron chi connectivity index (χ0n) is 11.5. The van der Waals surface area contributed by atoms with Crippen LogP contribution in [0.4, 0.5) is 11.6 Å². The van der Waals surface area contributed by atoms with Crippen molar-refractivity contribution in [2.24, 2.45) is 5.84 Å². The summed E-state index contributed by atoms with van der Waals surface area (Å²) in [6.07, 6.45) is 0. The van der Waals surface area contributed by atoms with Gasteiger partial charge in [-0.1, -0.05) is 0 Å². The monoisotopic (exact) mass is 290 g/mol. The largest absolute Gasteiger partial charge is 0.477 e. The lowest BCUT2D eigenvalue weighted by Crippen LogP contribution is -2.12. The molecule has 0 aromatic carbocycles. The molecule has 0 fully saturated rings. The minimum absolute atomic E-state index is 0.0259. The first-order valence-electron chi connectivity index (χ1n) is 6.05. The van der Waals surface area contributed by atoms with E-state index in [2.05, 4.69) is 20.4 Å². The Morgan fingerprint density at radius 2 is 2.05 bits per heavy atom. The third-order valence-electron chi connectivity index (χ3n) is 2.56. The average Bonchev–Trinajstić information content (AvgIpc) is 2.45. The quantitative estimate of drug-likeness (QED) is 0.478. The number of nitrogens with zero attached hydrogens (tertiary/aromatic N) is 4. The Kier molecular flexibility index (Phi) is 4.24. The van der Waals surface area contributed by atoms with E-state index in [-0.39, 0.29) is 18.2 Å². The number of nitrogen functional groups attached to an aromatic ring is 1. The van der Waals surface area contributed by atoms with Crippen LogP contribution in [0.1, 0.15) is 17.2 Å². The van der Waals surface area contributed by atoms with Crippen LogP contribution in [0.2, 0.25) is 0 Å². The van der Waals surface area contributed by atoms with E-state index < -0.39 is 4.92 Å². The van der Waals surface area contributed by atoms with E-state index in [1.54, 1.807) is 26.0 Å². The predicted octanol–water partition coefficient (Wildman–Crippen LogP) is 1.26. The van der Waals surface area contributed by atoms with Crippen LogP contribution in [0.15, 0.2) is 18.2 Å². The molecule has 9 nitrogen and oxygen atoms in total. The van der Waals surface area contributed by atoms with E-state index in [0.717, 1.165) is 0 Å². The molecule has 0 unspecified atom stereocenters. The van der Waals surface area contributed by atoms with Gasteiger partial charge in [0.05, 0.1) is 0 Å². The fourth-order valence-corrected chi connectivity index (χ4v) is 1.68. The maximum atomic E-state index is 10.9.